The maximum Gasteiger partial charge on any atom is 0.328 e. The minimum atomic E-state index is -1.26. The number of hydrogen-bond acceptors (Lipinski definition) is 3. The monoisotopic (exact) mass is 337 g/mol. The molecular weight excluding hydrogens is 318 g/mol. The second kappa shape index (κ2) is 6.53. The third-order valence-electron chi connectivity index (χ3n) is 4.69. The first-order valence-electron chi connectivity index (χ1n) is 8.01. The first kappa shape index (κ1) is 16.9. The maximum atomic E-state index is 9.55. The molecule has 128 valence electrons. The quantitative estimate of drug-likeness (QED) is 0.734. The van der Waals surface area contributed by atoms with Crippen molar-refractivity contribution in [2.75, 3.05) is 0 Å². The summed E-state index contributed by atoms with van der Waals surface area (Å²) in [6.07, 6.45) is 2.23. The lowest BCUT2D eigenvalue weighted by Gasteiger charge is -2.34. The van der Waals surface area contributed by atoms with E-state index in [-0.39, 0.29) is 5.54 Å². The van der Waals surface area contributed by atoms with Gasteiger partial charge in [0.05, 0.1) is 5.54 Å². The molecule has 0 unspecified atom stereocenters. The predicted molar refractivity (Wildman–Crippen MR) is 93.3 cm³/mol. The first-order valence-corrected chi connectivity index (χ1v) is 8.01. The molecule has 2 aromatic rings. The molecule has 4 rings (SSSR count). The molecule has 0 amide bonds. The first-order chi connectivity index (χ1) is 11.9. The molecule has 0 aromatic heterocycles. The van der Waals surface area contributed by atoms with Gasteiger partial charge in [-0.1, -0.05) is 48.5 Å². The fraction of sp³-hybridized carbons (Fsp3) is 0.200. The highest BCUT2D eigenvalue weighted by Gasteiger charge is 2.45. The number of fused-ring (bicyclic) bond motifs is 7. The molecular formula is C20H19NO4. The van der Waals surface area contributed by atoms with Crippen molar-refractivity contribution in [1.82, 2.24) is 5.32 Å². The smallest absolute Gasteiger partial charge is 0.328 e. The van der Waals surface area contributed by atoms with Crippen LogP contribution >= 0.6 is 0 Å². The predicted octanol–water partition coefficient (Wildman–Crippen LogP) is 2.86. The highest BCUT2D eigenvalue weighted by Crippen LogP contribution is 2.47. The number of benzene rings is 2. The lowest BCUT2D eigenvalue weighted by Crippen LogP contribution is -2.41. The zero-order valence-corrected chi connectivity index (χ0v) is 13.8. The van der Waals surface area contributed by atoms with Gasteiger partial charge in [0.25, 0.3) is 0 Å². The van der Waals surface area contributed by atoms with Crippen LogP contribution in [0.1, 0.15) is 35.2 Å². The normalized spacial score (nSPS) is 22.5. The summed E-state index contributed by atoms with van der Waals surface area (Å²) in [5, 5.41) is 19.4. The second-order valence-electron chi connectivity index (χ2n) is 6.28. The van der Waals surface area contributed by atoms with Gasteiger partial charge in [-0.2, -0.15) is 0 Å². The molecule has 2 aromatic carbocycles. The van der Waals surface area contributed by atoms with Crippen molar-refractivity contribution in [2.24, 2.45) is 0 Å². The summed E-state index contributed by atoms with van der Waals surface area (Å²) in [7, 11) is 0. The molecule has 3 N–H and O–H groups in total. The maximum absolute atomic E-state index is 9.55. The Morgan fingerprint density at radius 1 is 1.00 bits per heavy atom. The van der Waals surface area contributed by atoms with Crippen molar-refractivity contribution in [3.8, 4) is 0 Å². The Hall–Kier alpha value is -2.92. The molecule has 5 heteroatoms. The van der Waals surface area contributed by atoms with Gasteiger partial charge in [-0.05, 0) is 35.6 Å². The number of aliphatic carboxylic acids is 2. The van der Waals surface area contributed by atoms with Gasteiger partial charge in [-0.25, -0.2) is 9.59 Å². The average molecular weight is 337 g/mol. The van der Waals surface area contributed by atoms with Gasteiger partial charge in [-0.3, -0.25) is 5.32 Å². The van der Waals surface area contributed by atoms with Crippen LogP contribution in [-0.4, -0.2) is 22.2 Å². The van der Waals surface area contributed by atoms with E-state index in [0.717, 1.165) is 6.42 Å². The third kappa shape index (κ3) is 3.19. The molecule has 0 radical (unpaired) electrons. The van der Waals surface area contributed by atoms with Crippen molar-refractivity contribution < 1.29 is 19.8 Å². The number of carbonyl (C=O) groups is 2. The standard InChI is InChI=1S/C16H15N.C4H4O4/c1-16-13-8-4-2-6-11(13)10-15(17-16)12-7-3-5-9-14(12)16;5-3(6)1-2-4(7)8/h2-9,15,17H,10H2,1H3;1-2H,(H,5,6)(H,7,8)/t15-,16+;/m0./s1. The summed E-state index contributed by atoms with van der Waals surface area (Å²) in [5.74, 6) is -2.51. The molecule has 2 bridgehead atoms. The molecule has 2 aliphatic rings. The van der Waals surface area contributed by atoms with Crippen molar-refractivity contribution in [1.29, 1.82) is 0 Å². The molecule has 25 heavy (non-hydrogen) atoms. The highest BCUT2D eigenvalue weighted by atomic mass is 16.4. The summed E-state index contributed by atoms with van der Waals surface area (Å²) >= 11 is 0. The SMILES string of the molecule is C[C@@]12N[C@@H](Cc3ccccc31)c1ccccc12.O=C(O)C=CC(=O)O. The van der Waals surface area contributed by atoms with E-state index in [0.29, 0.717) is 18.2 Å². The van der Waals surface area contributed by atoms with Crippen molar-refractivity contribution >= 4 is 11.9 Å². The Morgan fingerprint density at radius 2 is 1.56 bits per heavy atom. The van der Waals surface area contributed by atoms with E-state index >= 15 is 0 Å². The molecule has 0 saturated carbocycles. The lowest BCUT2D eigenvalue weighted by molar-refractivity contribution is -0.134. The van der Waals surface area contributed by atoms with E-state index in [2.05, 4.69) is 60.8 Å². The van der Waals surface area contributed by atoms with Crippen LogP contribution in [0.5, 0.6) is 0 Å². The van der Waals surface area contributed by atoms with Crippen LogP contribution in [0.3, 0.4) is 0 Å². The topological polar surface area (TPSA) is 86.6 Å². The van der Waals surface area contributed by atoms with Crippen molar-refractivity contribution in [3.63, 3.8) is 0 Å². The van der Waals surface area contributed by atoms with Crippen LogP contribution in [0, 0.1) is 0 Å². The van der Waals surface area contributed by atoms with Gasteiger partial charge in [0.15, 0.2) is 0 Å². The summed E-state index contributed by atoms with van der Waals surface area (Å²) in [6, 6.07) is 18.2. The number of carboxylic acids is 2. The van der Waals surface area contributed by atoms with Crippen molar-refractivity contribution in [3.05, 3.63) is 82.9 Å². The highest BCUT2D eigenvalue weighted by molar-refractivity contribution is 5.89. The van der Waals surface area contributed by atoms with Gasteiger partial charge >= 0.3 is 11.9 Å². The number of carboxylic acid groups (broad SMARTS) is 2. The molecule has 0 aliphatic carbocycles. The molecule has 0 saturated heterocycles. The van der Waals surface area contributed by atoms with Gasteiger partial charge in [0, 0.05) is 18.2 Å². The largest absolute Gasteiger partial charge is 0.478 e. The van der Waals surface area contributed by atoms with Crippen LogP contribution in [0.15, 0.2) is 60.7 Å². The van der Waals surface area contributed by atoms with E-state index in [1.54, 1.807) is 0 Å². The lowest BCUT2D eigenvalue weighted by atomic mass is 9.82. The van der Waals surface area contributed by atoms with Gasteiger partial charge in [0.2, 0.25) is 0 Å². The Bertz CT molecular complexity index is 829. The number of hydrogen-bond donors (Lipinski definition) is 3. The van der Waals surface area contributed by atoms with E-state index in [1.807, 2.05) is 0 Å². The van der Waals surface area contributed by atoms with Crippen molar-refractivity contribution in [2.45, 2.75) is 24.9 Å². The molecule has 5 nitrogen and oxygen atoms in total. The second-order valence-corrected chi connectivity index (χ2v) is 6.28. The van der Waals surface area contributed by atoms with E-state index in [9.17, 15) is 9.59 Å². The minimum Gasteiger partial charge on any atom is -0.478 e. The summed E-state index contributed by atoms with van der Waals surface area (Å²) in [4.78, 5) is 19.1. The van der Waals surface area contributed by atoms with E-state index < -0.39 is 11.9 Å². The van der Waals surface area contributed by atoms with Crippen LogP contribution in [-0.2, 0) is 21.5 Å². The van der Waals surface area contributed by atoms with E-state index in [4.69, 9.17) is 10.2 Å². The fourth-order valence-corrected chi connectivity index (χ4v) is 3.69. The van der Waals surface area contributed by atoms with Crippen LogP contribution in [0.25, 0.3) is 0 Å². The Labute approximate surface area is 145 Å². The molecule has 2 heterocycles. The van der Waals surface area contributed by atoms with Crippen LogP contribution < -0.4 is 5.32 Å². The summed E-state index contributed by atoms with van der Waals surface area (Å²) in [6.45, 7) is 2.31. The van der Waals surface area contributed by atoms with Gasteiger partial charge in [0.1, 0.15) is 0 Å². The van der Waals surface area contributed by atoms with Gasteiger partial charge < -0.3 is 10.2 Å². The number of nitrogens with one attached hydrogen (secondary N) is 1. The summed E-state index contributed by atoms with van der Waals surface area (Å²) in [5.41, 5.74) is 5.88. The number of rotatable bonds is 2. The Balaban J connectivity index is 0.000000197. The van der Waals surface area contributed by atoms with E-state index in [1.165, 1.54) is 22.3 Å². The zero-order chi connectivity index (χ0) is 18.0. The third-order valence-corrected chi connectivity index (χ3v) is 4.69. The summed E-state index contributed by atoms with van der Waals surface area (Å²) < 4.78 is 0. The molecule has 2 atom stereocenters. The van der Waals surface area contributed by atoms with Crippen LogP contribution in [0.2, 0.25) is 0 Å². The molecule has 0 fully saturated rings. The fourth-order valence-electron chi connectivity index (χ4n) is 3.69. The minimum absolute atomic E-state index is 0.0100. The average Bonchev–Trinajstić information content (AvgIpc) is 2.83. The molecule has 0 spiro atoms. The zero-order valence-electron chi connectivity index (χ0n) is 13.8. The Kier molecular flexibility index (Phi) is 4.42. The van der Waals surface area contributed by atoms with Crippen LogP contribution in [0.4, 0.5) is 0 Å². The molecule has 2 aliphatic heterocycles. The van der Waals surface area contributed by atoms with Gasteiger partial charge in [-0.15, -0.1) is 0 Å². The Morgan fingerprint density at radius 3 is 2.20 bits per heavy atom.